The Kier molecular flexibility index (Phi) is 8.15. The highest BCUT2D eigenvalue weighted by atomic mass is 16.2. The van der Waals surface area contributed by atoms with Gasteiger partial charge in [0.2, 0.25) is 11.8 Å². The minimum atomic E-state index is -0.783. The maximum Gasteiger partial charge on any atom is 0.323 e. The number of imidazole rings is 1. The first-order valence-corrected chi connectivity index (χ1v) is 15.0. The lowest BCUT2D eigenvalue weighted by Crippen LogP contribution is -2.48. The maximum atomic E-state index is 13.6. The SMILES string of the molecule is Cc1nc2c(cc1-c1ccc(C[C@H](NC(=O)C3CCC(CN)CC3)C(=O)Nc3ccc4[nH]c(=O)[nH]c4c3)cc1)NCCN2. The molecule has 2 aromatic heterocycles. The van der Waals surface area contributed by atoms with Gasteiger partial charge in [0.25, 0.3) is 0 Å². The second-order valence-corrected chi connectivity index (χ2v) is 11.6. The number of hydrogen-bond acceptors (Lipinski definition) is 7. The molecule has 2 aliphatic rings. The third kappa shape index (κ3) is 6.41. The van der Waals surface area contributed by atoms with Gasteiger partial charge in [-0.25, -0.2) is 9.78 Å². The summed E-state index contributed by atoms with van der Waals surface area (Å²) >= 11 is 0. The van der Waals surface area contributed by atoms with Crippen LogP contribution in [0.15, 0.2) is 53.3 Å². The molecule has 11 heteroatoms. The highest BCUT2D eigenvalue weighted by Gasteiger charge is 2.29. The summed E-state index contributed by atoms with van der Waals surface area (Å²) in [6.45, 7) is 4.32. The number of nitrogens with two attached hydrogens (primary N) is 1. The number of aryl methyl sites for hydroxylation is 1. The summed E-state index contributed by atoms with van der Waals surface area (Å²) < 4.78 is 0. The Bertz CT molecular complexity index is 1690. The number of anilines is 3. The van der Waals surface area contributed by atoms with Crippen molar-refractivity contribution in [3.05, 3.63) is 70.3 Å². The van der Waals surface area contributed by atoms with E-state index in [0.717, 1.165) is 72.7 Å². The number of rotatable bonds is 8. The van der Waals surface area contributed by atoms with Gasteiger partial charge < -0.3 is 37.0 Å². The molecule has 11 nitrogen and oxygen atoms in total. The third-order valence-corrected chi connectivity index (χ3v) is 8.62. The predicted octanol–water partition coefficient (Wildman–Crippen LogP) is 3.50. The van der Waals surface area contributed by atoms with Crippen LogP contribution in [0, 0.1) is 18.8 Å². The molecule has 0 bridgehead atoms. The first-order valence-electron chi connectivity index (χ1n) is 15.0. The standard InChI is InChI=1S/C32H38N8O3/c1-18-24(16-27-29(36-18)35-13-12-34-27)21-6-2-19(3-7-21)14-28(38-30(41)22-8-4-20(17-33)5-9-22)31(42)37-23-10-11-25-26(15-23)40-32(43)39-25/h2-3,6-7,10-11,15-16,20,22,28,34H,4-5,8-9,12-14,17,33H2,1H3,(H,35,36)(H,37,42)(H,38,41)(H2,39,40,43)/t20?,22?,28-/m0/s1. The molecule has 0 saturated heterocycles. The second kappa shape index (κ2) is 12.3. The molecule has 3 heterocycles. The number of pyridine rings is 1. The number of aromatic nitrogens is 3. The van der Waals surface area contributed by atoms with Crippen LogP contribution in [0.4, 0.5) is 17.2 Å². The number of fused-ring (bicyclic) bond motifs is 2. The molecule has 43 heavy (non-hydrogen) atoms. The maximum absolute atomic E-state index is 13.6. The van der Waals surface area contributed by atoms with Crippen LogP contribution in [0.5, 0.6) is 0 Å². The Hall–Kier alpha value is -4.64. The van der Waals surface area contributed by atoms with Gasteiger partial charge in [-0.05, 0) is 80.5 Å². The minimum Gasteiger partial charge on any atom is -0.380 e. The Morgan fingerprint density at radius 3 is 2.49 bits per heavy atom. The highest BCUT2D eigenvalue weighted by Crippen LogP contribution is 2.32. The normalized spacial score (nSPS) is 18.7. The molecule has 0 unspecified atom stereocenters. The number of nitrogens with zero attached hydrogens (tertiary/aromatic N) is 1. The lowest BCUT2D eigenvalue weighted by molar-refractivity contribution is -0.130. The fourth-order valence-corrected chi connectivity index (χ4v) is 6.10. The van der Waals surface area contributed by atoms with Crippen LogP contribution in [-0.2, 0) is 16.0 Å². The van der Waals surface area contributed by atoms with Crippen LogP contribution in [-0.4, -0.2) is 52.4 Å². The Morgan fingerprint density at radius 2 is 1.72 bits per heavy atom. The van der Waals surface area contributed by atoms with Gasteiger partial charge in [-0.1, -0.05) is 24.3 Å². The molecular formula is C32H38N8O3. The number of carbonyl (C=O) groups excluding carboxylic acids is 2. The molecule has 2 aromatic carbocycles. The quantitative estimate of drug-likeness (QED) is 0.167. The number of carbonyl (C=O) groups is 2. The summed E-state index contributed by atoms with van der Waals surface area (Å²) in [6, 6.07) is 14.5. The fourth-order valence-electron chi connectivity index (χ4n) is 6.10. The Labute approximate surface area is 249 Å². The zero-order chi connectivity index (χ0) is 29.9. The largest absolute Gasteiger partial charge is 0.380 e. The molecule has 2 amide bonds. The second-order valence-electron chi connectivity index (χ2n) is 11.6. The summed E-state index contributed by atoms with van der Waals surface area (Å²) in [5, 5.41) is 12.7. The molecule has 1 atom stereocenters. The smallest absolute Gasteiger partial charge is 0.323 e. The molecule has 0 spiro atoms. The average molecular weight is 583 g/mol. The van der Waals surface area contributed by atoms with Gasteiger partial charge in [-0.2, -0.15) is 0 Å². The van der Waals surface area contributed by atoms with Crippen molar-refractivity contribution >= 4 is 40.0 Å². The zero-order valence-corrected chi connectivity index (χ0v) is 24.3. The molecule has 1 fully saturated rings. The van der Waals surface area contributed by atoms with E-state index in [1.54, 1.807) is 18.2 Å². The number of nitrogens with one attached hydrogen (secondary N) is 6. The van der Waals surface area contributed by atoms with Gasteiger partial charge in [0.05, 0.1) is 16.7 Å². The molecule has 6 rings (SSSR count). The van der Waals surface area contributed by atoms with E-state index in [0.29, 0.717) is 35.6 Å². The average Bonchev–Trinajstić information content (AvgIpc) is 3.40. The summed E-state index contributed by atoms with van der Waals surface area (Å²) in [6.07, 6.45) is 3.71. The van der Waals surface area contributed by atoms with Crippen molar-refractivity contribution in [2.45, 2.75) is 45.1 Å². The molecule has 8 N–H and O–H groups in total. The zero-order valence-electron chi connectivity index (χ0n) is 24.3. The fraction of sp³-hybridized carbons (Fsp3) is 0.375. The van der Waals surface area contributed by atoms with E-state index in [9.17, 15) is 14.4 Å². The van der Waals surface area contributed by atoms with Crippen molar-refractivity contribution < 1.29 is 9.59 Å². The van der Waals surface area contributed by atoms with Gasteiger partial charge >= 0.3 is 5.69 Å². The van der Waals surface area contributed by atoms with Crippen LogP contribution in [0.1, 0.15) is 36.9 Å². The van der Waals surface area contributed by atoms with E-state index in [1.807, 2.05) is 31.2 Å². The van der Waals surface area contributed by atoms with E-state index >= 15 is 0 Å². The molecular weight excluding hydrogens is 544 g/mol. The van der Waals surface area contributed by atoms with Crippen molar-refractivity contribution in [1.29, 1.82) is 0 Å². The van der Waals surface area contributed by atoms with Gasteiger partial charge in [0.1, 0.15) is 11.9 Å². The highest BCUT2D eigenvalue weighted by molar-refractivity contribution is 5.98. The van der Waals surface area contributed by atoms with Crippen LogP contribution in [0.3, 0.4) is 0 Å². The number of H-pyrrole nitrogens is 2. The molecule has 1 aliphatic heterocycles. The van der Waals surface area contributed by atoms with Crippen LogP contribution < -0.4 is 32.7 Å². The summed E-state index contributed by atoms with van der Waals surface area (Å²) in [7, 11) is 0. The minimum absolute atomic E-state index is 0.102. The first-order chi connectivity index (χ1) is 20.9. The lowest BCUT2D eigenvalue weighted by Gasteiger charge is -2.28. The molecule has 224 valence electrons. The van der Waals surface area contributed by atoms with Gasteiger partial charge in [-0.15, -0.1) is 0 Å². The van der Waals surface area contributed by atoms with Crippen molar-refractivity contribution in [2.75, 3.05) is 35.6 Å². The van der Waals surface area contributed by atoms with Crippen LogP contribution >= 0.6 is 0 Å². The summed E-state index contributed by atoms with van der Waals surface area (Å²) in [5.74, 6) is 0.766. The van der Waals surface area contributed by atoms with E-state index in [1.165, 1.54) is 0 Å². The van der Waals surface area contributed by atoms with E-state index in [4.69, 9.17) is 10.7 Å². The monoisotopic (exact) mass is 582 g/mol. The summed E-state index contributed by atoms with van der Waals surface area (Å²) in [5.41, 5.74) is 12.2. The van der Waals surface area contributed by atoms with Gasteiger partial charge in [0, 0.05) is 42.4 Å². The Morgan fingerprint density at radius 1 is 0.977 bits per heavy atom. The molecule has 1 saturated carbocycles. The van der Waals surface area contributed by atoms with Crippen molar-refractivity contribution in [3.8, 4) is 11.1 Å². The van der Waals surface area contributed by atoms with Gasteiger partial charge in [0.15, 0.2) is 0 Å². The van der Waals surface area contributed by atoms with E-state index < -0.39 is 6.04 Å². The topological polar surface area (TPSA) is 170 Å². The predicted molar refractivity (Wildman–Crippen MR) is 169 cm³/mol. The number of hydrogen-bond donors (Lipinski definition) is 7. The van der Waals surface area contributed by atoms with Gasteiger partial charge in [-0.3, -0.25) is 9.59 Å². The van der Waals surface area contributed by atoms with Crippen LogP contribution in [0.25, 0.3) is 22.2 Å². The summed E-state index contributed by atoms with van der Waals surface area (Å²) in [4.78, 5) is 48.8. The molecule has 4 aromatic rings. The number of benzene rings is 2. The van der Waals surface area contributed by atoms with Crippen molar-refractivity contribution in [2.24, 2.45) is 17.6 Å². The Balaban J connectivity index is 1.20. The first kappa shape index (κ1) is 28.5. The van der Waals surface area contributed by atoms with E-state index in [-0.39, 0.29) is 23.4 Å². The van der Waals surface area contributed by atoms with Crippen molar-refractivity contribution in [1.82, 2.24) is 20.3 Å². The molecule has 0 radical (unpaired) electrons. The van der Waals surface area contributed by atoms with Crippen LogP contribution in [0.2, 0.25) is 0 Å². The molecule has 1 aliphatic carbocycles. The number of aromatic amines is 2. The number of amides is 2. The van der Waals surface area contributed by atoms with E-state index in [2.05, 4.69) is 37.3 Å². The van der Waals surface area contributed by atoms with Crippen molar-refractivity contribution in [3.63, 3.8) is 0 Å². The third-order valence-electron chi connectivity index (χ3n) is 8.62. The lowest BCUT2D eigenvalue weighted by atomic mass is 9.81.